The first-order valence-corrected chi connectivity index (χ1v) is 6.51. The van der Waals surface area contributed by atoms with Crippen LogP contribution in [0.1, 0.15) is 42.5 Å². The summed E-state index contributed by atoms with van der Waals surface area (Å²) in [6, 6.07) is 6.91. The summed E-state index contributed by atoms with van der Waals surface area (Å²) >= 11 is 0. The van der Waals surface area contributed by atoms with Gasteiger partial charge < -0.3 is 5.32 Å². The van der Waals surface area contributed by atoms with Gasteiger partial charge in [-0.15, -0.1) is 4.91 Å². The molecular formula is C14H18N2O2. The van der Waals surface area contributed by atoms with E-state index in [-0.39, 0.29) is 0 Å². The van der Waals surface area contributed by atoms with Crippen molar-refractivity contribution in [3.63, 3.8) is 0 Å². The first-order valence-electron chi connectivity index (χ1n) is 6.51. The molecule has 0 bridgehead atoms. The predicted octanol–water partition coefficient (Wildman–Crippen LogP) is 3.59. The summed E-state index contributed by atoms with van der Waals surface area (Å²) in [5.74, 6) is 0.0468. The lowest BCUT2D eigenvalue weighted by Gasteiger charge is -2.22. The second-order valence-electron chi connectivity index (χ2n) is 4.86. The standard InChI is InChI=1S/C14H18N2O2/c17-14(16-18)12-6-8-13(9-7-12)15-10-11-4-2-1-3-5-11/h6-9,11,15H,1-5,10H2. The zero-order valence-electron chi connectivity index (χ0n) is 10.4. The van der Waals surface area contributed by atoms with E-state index in [0.717, 1.165) is 18.2 Å². The Labute approximate surface area is 107 Å². The SMILES string of the molecule is O=NC(=O)c1ccc(NCC2CCCCC2)cc1. The molecule has 4 heteroatoms. The highest BCUT2D eigenvalue weighted by Crippen LogP contribution is 2.24. The van der Waals surface area contributed by atoms with Crippen molar-refractivity contribution >= 4 is 11.6 Å². The fourth-order valence-electron chi connectivity index (χ4n) is 2.44. The maximum Gasteiger partial charge on any atom is 0.316 e. The van der Waals surface area contributed by atoms with E-state index in [4.69, 9.17) is 0 Å². The highest BCUT2D eigenvalue weighted by molar-refractivity contribution is 5.95. The molecule has 2 rings (SSSR count). The molecule has 18 heavy (non-hydrogen) atoms. The van der Waals surface area contributed by atoms with Crippen molar-refractivity contribution < 1.29 is 4.79 Å². The second-order valence-corrected chi connectivity index (χ2v) is 4.86. The van der Waals surface area contributed by atoms with Crippen LogP contribution < -0.4 is 5.32 Å². The van der Waals surface area contributed by atoms with Gasteiger partial charge in [0.15, 0.2) is 0 Å². The Morgan fingerprint density at radius 3 is 2.44 bits per heavy atom. The zero-order valence-corrected chi connectivity index (χ0v) is 10.4. The van der Waals surface area contributed by atoms with Gasteiger partial charge in [0.05, 0.1) is 0 Å². The molecule has 0 aromatic heterocycles. The van der Waals surface area contributed by atoms with Gasteiger partial charge >= 0.3 is 5.91 Å². The van der Waals surface area contributed by atoms with Gasteiger partial charge in [-0.3, -0.25) is 4.79 Å². The van der Waals surface area contributed by atoms with Crippen molar-refractivity contribution in [2.24, 2.45) is 11.1 Å². The van der Waals surface area contributed by atoms with Crippen LogP contribution in [0.4, 0.5) is 5.69 Å². The molecule has 1 aliphatic rings. The maximum atomic E-state index is 11.0. The van der Waals surface area contributed by atoms with Crippen molar-refractivity contribution in [2.75, 3.05) is 11.9 Å². The average Bonchev–Trinajstić information content (AvgIpc) is 2.46. The van der Waals surface area contributed by atoms with Crippen LogP contribution in [0.3, 0.4) is 0 Å². The molecule has 1 fully saturated rings. The minimum absolute atomic E-state index is 0.341. The molecule has 1 aromatic rings. The van der Waals surface area contributed by atoms with Crippen molar-refractivity contribution in [2.45, 2.75) is 32.1 Å². The summed E-state index contributed by atoms with van der Waals surface area (Å²) in [5.41, 5.74) is 1.33. The van der Waals surface area contributed by atoms with Crippen LogP contribution >= 0.6 is 0 Å². The lowest BCUT2D eigenvalue weighted by Crippen LogP contribution is -2.17. The van der Waals surface area contributed by atoms with Gasteiger partial charge in [-0.05, 0) is 43.0 Å². The minimum atomic E-state index is -0.714. The number of carbonyl (C=O) groups excluding carboxylic acids is 1. The van der Waals surface area contributed by atoms with Gasteiger partial charge in [0.2, 0.25) is 0 Å². The summed E-state index contributed by atoms with van der Waals surface area (Å²) in [7, 11) is 0. The lowest BCUT2D eigenvalue weighted by molar-refractivity contribution is 0.100. The molecule has 1 amide bonds. The number of hydrogen-bond donors (Lipinski definition) is 1. The van der Waals surface area contributed by atoms with Crippen LogP contribution in [-0.2, 0) is 0 Å². The highest BCUT2D eigenvalue weighted by atomic mass is 16.3. The molecule has 0 unspecified atom stereocenters. The van der Waals surface area contributed by atoms with E-state index in [1.807, 2.05) is 12.1 Å². The van der Waals surface area contributed by atoms with Gasteiger partial charge in [-0.1, -0.05) is 19.3 Å². The molecule has 0 atom stereocenters. The van der Waals surface area contributed by atoms with Gasteiger partial charge in [-0.2, -0.15) is 0 Å². The molecule has 0 heterocycles. The van der Waals surface area contributed by atoms with Crippen LogP contribution in [-0.4, -0.2) is 12.5 Å². The van der Waals surface area contributed by atoms with Crippen molar-refractivity contribution in [3.8, 4) is 0 Å². The van der Waals surface area contributed by atoms with Gasteiger partial charge in [0.1, 0.15) is 0 Å². The molecule has 1 aromatic carbocycles. The number of rotatable bonds is 4. The fourth-order valence-corrected chi connectivity index (χ4v) is 2.44. The monoisotopic (exact) mass is 246 g/mol. The molecule has 96 valence electrons. The number of anilines is 1. The Balaban J connectivity index is 1.86. The predicted molar refractivity (Wildman–Crippen MR) is 71.6 cm³/mol. The highest BCUT2D eigenvalue weighted by Gasteiger charge is 2.12. The average molecular weight is 246 g/mol. The van der Waals surface area contributed by atoms with Crippen molar-refractivity contribution in [1.29, 1.82) is 0 Å². The largest absolute Gasteiger partial charge is 0.385 e. The maximum absolute atomic E-state index is 11.0. The molecule has 1 N–H and O–H groups in total. The van der Waals surface area contributed by atoms with Crippen LogP contribution in [0.25, 0.3) is 0 Å². The molecule has 4 nitrogen and oxygen atoms in total. The number of benzene rings is 1. The summed E-state index contributed by atoms with van der Waals surface area (Å²) in [4.78, 5) is 21.1. The molecular weight excluding hydrogens is 228 g/mol. The van der Waals surface area contributed by atoms with Crippen molar-refractivity contribution in [1.82, 2.24) is 0 Å². The van der Waals surface area contributed by atoms with Crippen LogP contribution in [0.2, 0.25) is 0 Å². The van der Waals surface area contributed by atoms with E-state index in [9.17, 15) is 9.70 Å². The van der Waals surface area contributed by atoms with E-state index in [2.05, 4.69) is 10.5 Å². The zero-order chi connectivity index (χ0) is 12.8. The van der Waals surface area contributed by atoms with Crippen LogP contribution in [0.5, 0.6) is 0 Å². The number of carbonyl (C=O) groups is 1. The Morgan fingerprint density at radius 1 is 1.17 bits per heavy atom. The normalized spacial score (nSPS) is 16.2. The first kappa shape index (κ1) is 12.7. The van der Waals surface area contributed by atoms with Crippen molar-refractivity contribution in [3.05, 3.63) is 34.7 Å². The molecule has 1 aliphatic carbocycles. The van der Waals surface area contributed by atoms with E-state index < -0.39 is 5.91 Å². The molecule has 0 aliphatic heterocycles. The van der Waals surface area contributed by atoms with E-state index >= 15 is 0 Å². The van der Waals surface area contributed by atoms with Crippen LogP contribution in [0.15, 0.2) is 29.4 Å². The molecule has 0 saturated heterocycles. The number of nitrogens with zero attached hydrogens (tertiary/aromatic N) is 1. The smallest absolute Gasteiger partial charge is 0.316 e. The topological polar surface area (TPSA) is 58.5 Å². The number of nitrogens with one attached hydrogen (secondary N) is 1. The van der Waals surface area contributed by atoms with E-state index in [1.165, 1.54) is 32.1 Å². The summed E-state index contributed by atoms with van der Waals surface area (Å²) in [5, 5.41) is 5.78. The second kappa shape index (κ2) is 6.28. The summed E-state index contributed by atoms with van der Waals surface area (Å²) in [6.07, 6.45) is 6.65. The summed E-state index contributed by atoms with van der Waals surface area (Å²) < 4.78 is 0. The third-order valence-electron chi connectivity index (χ3n) is 3.53. The number of nitroso groups, excluding NO2 is 1. The Kier molecular flexibility index (Phi) is 4.45. The lowest BCUT2D eigenvalue weighted by atomic mass is 9.89. The molecule has 1 saturated carbocycles. The number of hydrogen-bond acceptors (Lipinski definition) is 3. The first-order chi connectivity index (χ1) is 8.79. The number of amides is 1. The fraction of sp³-hybridized carbons (Fsp3) is 0.500. The quantitative estimate of drug-likeness (QED) is 0.826. The van der Waals surface area contributed by atoms with Gasteiger partial charge in [0, 0.05) is 23.0 Å². The Morgan fingerprint density at radius 2 is 1.83 bits per heavy atom. The minimum Gasteiger partial charge on any atom is -0.385 e. The summed E-state index contributed by atoms with van der Waals surface area (Å²) in [6.45, 7) is 0.985. The Bertz CT molecular complexity index is 408. The van der Waals surface area contributed by atoms with E-state index in [1.54, 1.807) is 12.1 Å². The van der Waals surface area contributed by atoms with E-state index in [0.29, 0.717) is 5.56 Å². The van der Waals surface area contributed by atoms with Gasteiger partial charge in [0.25, 0.3) is 0 Å². The molecule has 0 spiro atoms. The third kappa shape index (κ3) is 3.39. The van der Waals surface area contributed by atoms with Gasteiger partial charge in [-0.25, -0.2) is 0 Å². The molecule has 0 radical (unpaired) electrons. The van der Waals surface area contributed by atoms with Crippen LogP contribution in [0, 0.1) is 10.8 Å². The Hall–Kier alpha value is -1.71. The third-order valence-corrected chi connectivity index (χ3v) is 3.53.